The second kappa shape index (κ2) is 12.2. The number of hydrogen-bond acceptors (Lipinski definition) is 4. The molecule has 0 atom stereocenters. The van der Waals surface area contributed by atoms with Crippen molar-refractivity contribution in [2.24, 2.45) is 10.9 Å². The molecule has 0 unspecified atom stereocenters. The Bertz CT molecular complexity index is 711. The fraction of sp³-hybridized carbons (Fsp3) is 0.636. The Hall–Kier alpha value is -1.71. The first kappa shape index (κ1) is 26.3. The second-order valence-corrected chi connectivity index (χ2v) is 8.53. The van der Waals surface area contributed by atoms with Crippen LogP contribution in [0.3, 0.4) is 0 Å². The molecule has 0 bridgehead atoms. The highest BCUT2D eigenvalue weighted by molar-refractivity contribution is 14.0. The Balaban J connectivity index is 0.00000450. The minimum atomic E-state index is -0.451. The number of likely N-dealkylation sites (tertiary alicyclic amines) is 1. The summed E-state index contributed by atoms with van der Waals surface area (Å²) in [6, 6.07) is 6.18. The zero-order chi connectivity index (χ0) is 21.4. The topological polar surface area (TPSA) is 75.2 Å². The fourth-order valence-electron chi connectivity index (χ4n) is 3.28. The number of nitrogens with one attached hydrogen (secondary N) is 2. The highest BCUT2D eigenvalue weighted by atomic mass is 127. The normalized spacial score (nSPS) is 15.3. The van der Waals surface area contributed by atoms with Gasteiger partial charge in [-0.1, -0.05) is 12.1 Å². The molecule has 0 aliphatic carbocycles. The van der Waals surface area contributed by atoms with Crippen molar-refractivity contribution in [1.29, 1.82) is 0 Å². The number of benzene rings is 1. The van der Waals surface area contributed by atoms with Gasteiger partial charge in [-0.15, -0.1) is 24.0 Å². The lowest BCUT2D eigenvalue weighted by Crippen LogP contribution is -2.45. The number of rotatable bonds is 5. The number of ether oxygens (including phenoxy) is 2. The second-order valence-electron chi connectivity index (χ2n) is 8.53. The number of amides is 1. The number of nitrogens with zero attached hydrogens (tertiary/aromatic N) is 2. The van der Waals surface area contributed by atoms with Gasteiger partial charge in [0, 0.05) is 38.8 Å². The molecule has 30 heavy (non-hydrogen) atoms. The van der Waals surface area contributed by atoms with Crippen LogP contribution in [0.4, 0.5) is 4.79 Å². The number of aryl methyl sites for hydroxylation is 1. The predicted octanol–water partition coefficient (Wildman–Crippen LogP) is 3.93. The molecule has 0 radical (unpaired) electrons. The minimum Gasteiger partial charge on any atom is -0.496 e. The van der Waals surface area contributed by atoms with Crippen molar-refractivity contribution < 1.29 is 14.3 Å². The summed E-state index contributed by atoms with van der Waals surface area (Å²) in [7, 11) is 3.46. The molecule has 2 rings (SSSR count). The van der Waals surface area contributed by atoms with Gasteiger partial charge in [0.15, 0.2) is 5.96 Å². The summed E-state index contributed by atoms with van der Waals surface area (Å²) in [6.07, 6.45) is 1.69. The van der Waals surface area contributed by atoms with Crippen molar-refractivity contribution in [2.75, 3.05) is 33.8 Å². The van der Waals surface area contributed by atoms with Gasteiger partial charge >= 0.3 is 6.09 Å². The summed E-state index contributed by atoms with van der Waals surface area (Å²) in [5, 5.41) is 6.75. The number of halogens is 1. The molecule has 7 nitrogen and oxygen atoms in total. The SMILES string of the molecule is CN=C(NCc1ccc(C)cc1OC)NCC1CCN(C(=O)OC(C)(C)C)CC1.I. The van der Waals surface area contributed by atoms with Gasteiger partial charge in [-0.2, -0.15) is 0 Å². The quantitative estimate of drug-likeness (QED) is 0.342. The third-order valence-electron chi connectivity index (χ3n) is 4.94. The largest absolute Gasteiger partial charge is 0.496 e. The van der Waals surface area contributed by atoms with Gasteiger partial charge in [-0.3, -0.25) is 4.99 Å². The lowest BCUT2D eigenvalue weighted by Gasteiger charge is -2.33. The van der Waals surface area contributed by atoms with Crippen LogP contribution in [0, 0.1) is 12.8 Å². The van der Waals surface area contributed by atoms with Crippen molar-refractivity contribution in [3.63, 3.8) is 0 Å². The van der Waals surface area contributed by atoms with Crippen LogP contribution in [0.25, 0.3) is 0 Å². The van der Waals surface area contributed by atoms with Crippen molar-refractivity contribution in [3.8, 4) is 5.75 Å². The molecule has 170 valence electrons. The molecule has 0 spiro atoms. The van der Waals surface area contributed by atoms with Crippen molar-refractivity contribution in [1.82, 2.24) is 15.5 Å². The standard InChI is InChI=1S/C22H36N4O3.HI/c1-16-7-8-18(19(13-16)28-6)15-25-20(23-5)24-14-17-9-11-26(12-10-17)21(27)29-22(2,3)4;/h7-8,13,17H,9-12,14-15H2,1-6H3,(H2,23,24,25);1H. The van der Waals surface area contributed by atoms with Crippen molar-refractivity contribution >= 4 is 36.0 Å². The summed E-state index contributed by atoms with van der Waals surface area (Å²) < 4.78 is 10.9. The van der Waals surface area contributed by atoms with Crippen LogP contribution in [-0.2, 0) is 11.3 Å². The van der Waals surface area contributed by atoms with Gasteiger partial charge in [0.2, 0.25) is 0 Å². The Kier molecular flexibility index (Phi) is 10.7. The molecular weight excluding hydrogens is 495 g/mol. The molecule has 1 aliphatic heterocycles. The first-order valence-corrected chi connectivity index (χ1v) is 10.3. The first-order chi connectivity index (χ1) is 13.7. The molecular formula is C22H37IN4O3. The molecule has 1 aliphatic rings. The monoisotopic (exact) mass is 532 g/mol. The maximum absolute atomic E-state index is 12.2. The summed E-state index contributed by atoms with van der Waals surface area (Å²) in [4.78, 5) is 18.3. The summed E-state index contributed by atoms with van der Waals surface area (Å²) in [6.45, 7) is 10.7. The van der Waals surface area contributed by atoms with E-state index in [-0.39, 0.29) is 30.1 Å². The number of aliphatic imine (C=N–C) groups is 1. The molecule has 1 aromatic carbocycles. The van der Waals surface area contributed by atoms with E-state index >= 15 is 0 Å². The number of carbonyl (C=O) groups is 1. The molecule has 1 fully saturated rings. The van der Waals surface area contributed by atoms with E-state index in [1.54, 1.807) is 19.1 Å². The molecule has 8 heteroatoms. The lowest BCUT2D eigenvalue weighted by molar-refractivity contribution is 0.0185. The predicted molar refractivity (Wildman–Crippen MR) is 132 cm³/mol. The van der Waals surface area contributed by atoms with E-state index in [1.165, 1.54) is 5.56 Å². The van der Waals surface area contributed by atoms with E-state index in [0.29, 0.717) is 12.5 Å². The summed E-state index contributed by atoms with van der Waals surface area (Å²) in [5.74, 6) is 2.14. The van der Waals surface area contributed by atoms with E-state index in [2.05, 4.69) is 27.8 Å². The van der Waals surface area contributed by atoms with Crippen LogP contribution in [0.2, 0.25) is 0 Å². The fourth-order valence-corrected chi connectivity index (χ4v) is 3.28. The van der Waals surface area contributed by atoms with Gasteiger partial charge < -0.3 is 25.0 Å². The van der Waals surface area contributed by atoms with Crippen LogP contribution < -0.4 is 15.4 Å². The zero-order valence-electron chi connectivity index (χ0n) is 19.1. The zero-order valence-corrected chi connectivity index (χ0v) is 21.4. The highest BCUT2D eigenvalue weighted by Gasteiger charge is 2.26. The Morgan fingerprint density at radius 2 is 1.90 bits per heavy atom. The molecule has 0 aromatic heterocycles. The number of guanidine groups is 1. The molecule has 1 amide bonds. The number of carbonyl (C=O) groups excluding carboxylic acids is 1. The number of methoxy groups -OCH3 is 1. The maximum Gasteiger partial charge on any atom is 0.410 e. The van der Waals surface area contributed by atoms with Gasteiger partial charge in [0.1, 0.15) is 11.4 Å². The average Bonchev–Trinajstić information content (AvgIpc) is 2.68. The van der Waals surface area contributed by atoms with Crippen molar-refractivity contribution in [2.45, 2.75) is 52.7 Å². The molecule has 2 N–H and O–H groups in total. The lowest BCUT2D eigenvalue weighted by atomic mass is 9.97. The third-order valence-corrected chi connectivity index (χ3v) is 4.94. The van der Waals surface area contributed by atoms with E-state index in [0.717, 1.165) is 49.7 Å². The average molecular weight is 532 g/mol. The van der Waals surface area contributed by atoms with E-state index < -0.39 is 5.60 Å². The van der Waals surface area contributed by atoms with Crippen LogP contribution in [0.5, 0.6) is 5.75 Å². The minimum absolute atomic E-state index is 0. The van der Waals surface area contributed by atoms with E-state index in [1.807, 2.05) is 33.8 Å². The van der Waals surface area contributed by atoms with Crippen LogP contribution in [0.1, 0.15) is 44.7 Å². The maximum atomic E-state index is 12.2. The number of piperidine rings is 1. The van der Waals surface area contributed by atoms with Crippen LogP contribution >= 0.6 is 24.0 Å². The van der Waals surface area contributed by atoms with Gasteiger partial charge in [-0.05, 0) is 58.1 Å². The van der Waals surface area contributed by atoms with E-state index in [9.17, 15) is 4.79 Å². The first-order valence-electron chi connectivity index (χ1n) is 10.3. The van der Waals surface area contributed by atoms with Gasteiger partial charge in [-0.25, -0.2) is 4.79 Å². The summed E-state index contributed by atoms with van der Waals surface area (Å²) in [5.41, 5.74) is 1.81. The summed E-state index contributed by atoms with van der Waals surface area (Å²) >= 11 is 0. The molecule has 1 saturated heterocycles. The Morgan fingerprint density at radius 1 is 1.23 bits per heavy atom. The smallest absolute Gasteiger partial charge is 0.410 e. The molecule has 1 aromatic rings. The third kappa shape index (κ3) is 8.57. The Labute approximate surface area is 198 Å². The number of hydrogen-bond donors (Lipinski definition) is 2. The van der Waals surface area contributed by atoms with Gasteiger partial charge in [0.05, 0.1) is 7.11 Å². The van der Waals surface area contributed by atoms with Crippen LogP contribution in [0.15, 0.2) is 23.2 Å². The molecule has 0 saturated carbocycles. The highest BCUT2D eigenvalue weighted by Crippen LogP contribution is 2.20. The van der Waals surface area contributed by atoms with E-state index in [4.69, 9.17) is 9.47 Å². The van der Waals surface area contributed by atoms with Crippen molar-refractivity contribution in [3.05, 3.63) is 29.3 Å². The Morgan fingerprint density at radius 3 is 2.47 bits per heavy atom. The van der Waals surface area contributed by atoms with Crippen LogP contribution in [-0.4, -0.2) is 56.3 Å². The molecule has 1 heterocycles. The van der Waals surface area contributed by atoms with Gasteiger partial charge in [0.25, 0.3) is 0 Å².